The summed E-state index contributed by atoms with van der Waals surface area (Å²) < 4.78 is 14.2. The van der Waals surface area contributed by atoms with Gasteiger partial charge in [0.25, 0.3) is 0 Å². The van der Waals surface area contributed by atoms with Gasteiger partial charge in [0, 0.05) is 122 Å². The van der Waals surface area contributed by atoms with Gasteiger partial charge in [-0.1, -0.05) is 236 Å². The number of rotatable bonds is 12. The van der Waals surface area contributed by atoms with Gasteiger partial charge in [-0.25, -0.2) is 0 Å². The van der Waals surface area contributed by atoms with E-state index in [0.717, 1.165) is 79.9 Å². The van der Waals surface area contributed by atoms with E-state index in [1.807, 2.05) is 0 Å². The first-order valence-electron chi connectivity index (χ1n) is 39.5. The Balaban J connectivity index is 0.000000151. The predicted molar refractivity (Wildman–Crippen MR) is 470 cm³/mol. The summed E-state index contributed by atoms with van der Waals surface area (Å²) >= 11 is 0. The van der Waals surface area contributed by atoms with Crippen molar-refractivity contribution in [2.45, 2.75) is 119 Å². The van der Waals surface area contributed by atoms with E-state index >= 15 is 0 Å². The van der Waals surface area contributed by atoms with Crippen molar-refractivity contribution in [3.05, 3.63) is 381 Å². The minimum atomic E-state index is -0.292. The van der Waals surface area contributed by atoms with Crippen LogP contribution in [0.15, 0.2) is 312 Å². The summed E-state index contributed by atoms with van der Waals surface area (Å²) in [6, 6.07) is 111. The van der Waals surface area contributed by atoms with Gasteiger partial charge in [0.05, 0.1) is 22.7 Å². The topological polar surface area (TPSA) is 39.2 Å². The monoisotopic (exact) mass is 1450 g/mol. The Hall–Kier alpha value is -12.6. The van der Waals surface area contributed by atoms with Gasteiger partial charge >= 0.3 is 0 Å². The SMILES string of the molecule is CC1(C)c2cc(N(c3ccccc3)c3cccc4ccccc34)ccc2-c2oc3c(c21)C(C)(C)c1cc(N(c2ccccc2)c2cccc4ccccc24)ccc1-3.Cc1cc(C)c(N(c2ccccc2)c2ccc3c(c2)C(C)(C)c2c-3oc3c2C(C)(C)c2cc(N(c4ccccc4)c4c(C)cc(C)cc4C)ccc2-3)c(C)c1. The third-order valence-corrected chi connectivity index (χ3v) is 24.8. The molecular weight excluding hydrogens is 1360 g/mol. The van der Waals surface area contributed by atoms with Gasteiger partial charge < -0.3 is 28.4 Å². The van der Waals surface area contributed by atoms with Crippen molar-refractivity contribution in [2.24, 2.45) is 0 Å². The van der Waals surface area contributed by atoms with Gasteiger partial charge in [0.2, 0.25) is 0 Å². The fourth-order valence-corrected chi connectivity index (χ4v) is 19.9. The van der Waals surface area contributed by atoms with Crippen molar-refractivity contribution < 1.29 is 8.83 Å². The van der Waals surface area contributed by atoms with Crippen LogP contribution < -0.4 is 19.6 Å². The lowest BCUT2D eigenvalue weighted by atomic mass is 9.74. The molecule has 6 heteroatoms. The number of para-hydroxylation sites is 4. The molecule has 0 fully saturated rings. The molecule has 0 spiro atoms. The maximum absolute atomic E-state index is 7.12. The van der Waals surface area contributed by atoms with Gasteiger partial charge in [0.15, 0.2) is 0 Å². The second-order valence-electron chi connectivity index (χ2n) is 33.6. The molecule has 0 atom stereocenters. The molecule has 4 aliphatic carbocycles. The quantitative estimate of drug-likeness (QED) is 0.121. The lowest BCUT2D eigenvalue weighted by Crippen LogP contribution is -2.24. The number of nitrogens with zero attached hydrogens (tertiary/aromatic N) is 4. The number of benzene rings is 14. The summed E-state index contributed by atoms with van der Waals surface area (Å²) in [5, 5.41) is 4.89. The van der Waals surface area contributed by atoms with Gasteiger partial charge in [-0.05, 0) is 230 Å². The Kier molecular flexibility index (Phi) is 16.2. The first-order valence-corrected chi connectivity index (χ1v) is 39.5. The molecule has 0 bridgehead atoms. The van der Waals surface area contributed by atoms with Crippen LogP contribution in [0.1, 0.15) is 133 Å². The Morgan fingerprint density at radius 1 is 0.223 bits per heavy atom. The molecule has 548 valence electrons. The first kappa shape index (κ1) is 69.8. The zero-order valence-corrected chi connectivity index (χ0v) is 66.5. The van der Waals surface area contributed by atoms with E-state index in [4.69, 9.17) is 8.83 Å². The van der Waals surface area contributed by atoms with Crippen LogP contribution in [-0.2, 0) is 21.7 Å². The Bertz CT molecular complexity index is 6030. The molecule has 2 heterocycles. The lowest BCUT2D eigenvalue weighted by molar-refractivity contribution is 0.592. The van der Waals surface area contributed by atoms with Gasteiger partial charge in [-0.3, -0.25) is 0 Å². The highest BCUT2D eigenvalue weighted by molar-refractivity contribution is 6.02. The highest BCUT2D eigenvalue weighted by Gasteiger charge is 2.52. The van der Waals surface area contributed by atoms with Crippen LogP contribution in [-0.4, -0.2) is 0 Å². The van der Waals surface area contributed by atoms with Crippen LogP contribution in [0.4, 0.5) is 68.2 Å². The fourth-order valence-electron chi connectivity index (χ4n) is 19.9. The third-order valence-electron chi connectivity index (χ3n) is 24.8. The van der Waals surface area contributed by atoms with Gasteiger partial charge in [0.1, 0.15) is 23.0 Å². The molecule has 6 nitrogen and oxygen atoms in total. The highest BCUT2D eigenvalue weighted by Crippen LogP contribution is 2.65. The molecule has 14 aromatic carbocycles. The van der Waals surface area contributed by atoms with E-state index in [0.29, 0.717) is 0 Å². The summed E-state index contributed by atoms with van der Waals surface area (Å²) in [5.41, 5.74) is 35.6. The normalized spacial score (nSPS) is 14.3. The van der Waals surface area contributed by atoms with Crippen molar-refractivity contribution in [3.63, 3.8) is 0 Å². The van der Waals surface area contributed by atoms with Crippen LogP contribution in [0.25, 0.3) is 66.8 Å². The molecule has 0 radical (unpaired) electrons. The Morgan fingerprint density at radius 3 is 0.750 bits per heavy atom. The molecule has 2 aromatic heterocycles. The maximum atomic E-state index is 7.12. The highest BCUT2D eigenvalue weighted by atomic mass is 16.3. The first-order chi connectivity index (χ1) is 54.1. The zero-order chi connectivity index (χ0) is 77.0. The summed E-state index contributed by atoms with van der Waals surface area (Å²) in [6.07, 6.45) is 0. The van der Waals surface area contributed by atoms with E-state index in [1.54, 1.807) is 0 Å². The number of furan rings is 2. The molecule has 16 aromatic rings. The van der Waals surface area contributed by atoms with E-state index in [1.165, 1.54) is 133 Å². The van der Waals surface area contributed by atoms with Crippen LogP contribution in [0.3, 0.4) is 0 Å². The van der Waals surface area contributed by atoms with E-state index in [9.17, 15) is 0 Å². The smallest absolute Gasteiger partial charge is 0.139 e. The van der Waals surface area contributed by atoms with E-state index in [-0.39, 0.29) is 21.7 Å². The molecule has 0 unspecified atom stereocenters. The molecule has 0 saturated carbocycles. The Morgan fingerprint density at radius 2 is 0.464 bits per heavy atom. The minimum Gasteiger partial charge on any atom is -0.455 e. The van der Waals surface area contributed by atoms with Gasteiger partial charge in [-0.15, -0.1) is 0 Å². The molecule has 0 aliphatic heterocycles. The molecule has 112 heavy (non-hydrogen) atoms. The second-order valence-corrected chi connectivity index (χ2v) is 33.6. The largest absolute Gasteiger partial charge is 0.455 e. The van der Waals surface area contributed by atoms with Crippen molar-refractivity contribution in [3.8, 4) is 45.3 Å². The van der Waals surface area contributed by atoms with Crippen LogP contribution >= 0.6 is 0 Å². The summed E-state index contributed by atoms with van der Waals surface area (Å²) in [7, 11) is 0. The van der Waals surface area contributed by atoms with Crippen LogP contribution in [0.2, 0.25) is 0 Å². The minimum absolute atomic E-state index is 0.272. The summed E-state index contributed by atoms with van der Waals surface area (Å²) in [5.74, 6) is 4.05. The third kappa shape index (κ3) is 10.8. The lowest BCUT2D eigenvalue weighted by Gasteiger charge is -2.32. The summed E-state index contributed by atoms with van der Waals surface area (Å²) in [6.45, 7) is 32.3. The van der Waals surface area contributed by atoms with Crippen LogP contribution in [0.5, 0.6) is 0 Å². The standard InChI is InChI=1S/C54H42N2O.C52H50N2O/c1-53(2)45-33-39(55(37-21-7-5-8-22-37)47-27-15-19-35-17-11-13-25-41(35)47)29-31-43(45)51-49(53)50-52(57-51)44-32-30-40(34-46(44)54(50,3)4)56(38-23-9-6-10-24-38)48-28-16-20-36-18-12-14-26-42(36)48;1-31-25-33(3)47(34(4)26-31)53(37-17-13-11-14-18-37)39-21-23-41-43(29-39)51(7,8)45-46-50(55-49(41)45)42-24-22-40(30-44(42)52(46,9)10)54(38-19-15-12-16-20-38)48-35(5)27-32(2)28-36(48)6/h5-34H,1-4H3;11-30H,1-10H3. The second kappa shape index (κ2) is 26.0. The number of aryl methyl sites for hydroxylation is 6. The van der Waals surface area contributed by atoms with Gasteiger partial charge in [-0.2, -0.15) is 0 Å². The molecule has 0 saturated heterocycles. The average molecular weight is 1450 g/mol. The molecule has 4 aliphatic rings. The van der Waals surface area contributed by atoms with Crippen molar-refractivity contribution >= 4 is 89.8 Å². The zero-order valence-electron chi connectivity index (χ0n) is 66.5. The summed E-state index contributed by atoms with van der Waals surface area (Å²) in [4.78, 5) is 9.67. The van der Waals surface area contributed by atoms with Crippen molar-refractivity contribution in [2.75, 3.05) is 19.6 Å². The van der Waals surface area contributed by atoms with E-state index in [2.05, 4.69) is 420 Å². The average Bonchev–Trinajstić information content (AvgIpc) is 1.52. The molecular formula is C106H92N4O2. The Labute approximate surface area is 659 Å². The molecule has 0 amide bonds. The number of hydrogen-bond donors (Lipinski definition) is 0. The molecule has 0 N–H and O–H groups in total. The van der Waals surface area contributed by atoms with Crippen molar-refractivity contribution in [1.29, 1.82) is 0 Å². The fraction of sp³-hybridized carbons (Fsp3) is 0.170. The maximum Gasteiger partial charge on any atom is 0.139 e. The van der Waals surface area contributed by atoms with Crippen molar-refractivity contribution in [1.82, 2.24) is 0 Å². The molecule has 20 rings (SSSR count). The number of anilines is 12. The predicted octanol–water partition coefficient (Wildman–Crippen LogP) is 29.8. The van der Waals surface area contributed by atoms with Crippen LogP contribution in [0, 0.1) is 41.5 Å². The van der Waals surface area contributed by atoms with E-state index < -0.39 is 0 Å². The number of hydrogen-bond acceptors (Lipinski definition) is 6. The number of fused-ring (bicyclic) bond motifs is 16.